The molecule has 2 aromatic rings. The van der Waals surface area contributed by atoms with E-state index in [-0.39, 0.29) is 24.2 Å². The van der Waals surface area contributed by atoms with E-state index >= 15 is 0 Å². The molecule has 2 heterocycles. The molecular formula is C15H19ClN4O2. The molecule has 3 rings (SSSR count). The predicted octanol–water partition coefficient (Wildman–Crippen LogP) is 2.26. The highest BCUT2D eigenvalue weighted by Crippen LogP contribution is 2.22. The van der Waals surface area contributed by atoms with Gasteiger partial charge in [0.2, 0.25) is 17.6 Å². The van der Waals surface area contributed by atoms with E-state index in [9.17, 15) is 4.79 Å². The van der Waals surface area contributed by atoms with Crippen molar-refractivity contribution < 1.29 is 9.32 Å². The maximum atomic E-state index is 12.2. The summed E-state index contributed by atoms with van der Waals surface area (Å²) in [6.07, 6.45) is 0. The van der Waals surface area contributed by atoms with Gasteiger partial charge in [-0.2, -0.15) is 4.98 Å². The van der Waals surface area contributed by atoms with E-state index in [4.69, 9.17) is 4.52 Å². The maximum Gasteiger partial charge on any atom is 0.227 e. The van der Waals surface area contributed by atoms with Gasteiger partial charge in [-0.15, -0.1) is 12.4 Å². The number of aryl methyl sites for hydroxylation is 1. The maximum absolute atomic E-state index is 12.2. The van der Waals surface area contributed by atoms with Crippen LogP contribution >= 0.6 is 12.4 Å². The fourth-order valence-electron chi connectivity index (χ4n) is 2.29. The molecule has 1 atom stereocenters. The average Bonchev–Trinajstić information content (AvgIpc) is 2.84. The molecule has 0 aliphatic carbocycles. The molecule has 22 heavy (non-hydrogen) atoms. The van der Waals surface area contributed by atoms with Crippen molar-refractivity contribution in [2.45, 2.75) is 13.8 Å². The number of aromatic nitrogens is 2. The van der Waals surface area contributed by atoms with Gasteiger partial charge in [0.05, 0.1) is 0 Å². The molecule has 1 aliphatic rings. The Bertz CT molecular complexity index is 654. The number of anilines is 1. The van der Waals surface area contributed by atoms with Crippen molar-refractivity contribution in [2.24, 2.45) is 11.8 Å². The number of carbonyl (C=O) groups excluding carboxylic acids is 1. The highest BCUT2D eigenvalue weighted by atomic mass is 35.5. The molecule has 7 heteroatoms. The fourth-order valence-corrected chi connectivity index (χ4v) is 2.29. The Morgan fingerprint density at radius 2 is 2.23 bits per heavy atom. The van der Waals surface area contributed by atoms with Crippen LogP contribution < -0.4 is 10.6 Å². The lowest BCUT2D eigenvalue weighted by atomic mass is 9.88. The molecule has 1 saturated heterocycles. The highest BCUT2D eigenvalue weighted by Gasteiger charge is 2.28. The number of hydrogen-bond donors (Lipinski definition) is 2. The zero-order valence-electron chi connectivity index (χ0n) is 12.5. The SMILES string of the molecule is Cc1nc(-c2cccc(NC(=O)C(C)C3CNC3)c2)no1.Cl. The van der Waals surface area contributed by atoms with Gasteiger partial charge in [-0.25, -0.2) is 0 Å². The Hall–Kier alpha value is -1.92. The van der Waals surface area contributed by atoms with Gasteiger partial charge in [-0.05, 0) is 31.1 Å². The van der Waals surface area contributed by atoms with Crippen molar-refractivity contribution in [1.29, 1.82) is 0 Å². The number of nitrogens with one attached hydrogen (secondary N) is 2. The van der Waals surface area contributed by atoms with Crippen LogP contribution in [0.5, 0.6) is 0 Å². The molecule has 1 amide bonds. The van der Waals surface area contributed by atoms with Crippen molar-refractivity contribution in [1.82, 2.24) is 15.5 Å². The molecule has 1 fully saturated rings. The third kappa shape index (κ3) is 3.45. The summed E-state index contributed by atoms with van der Waals surface area (Å²) in [6.45, 7) is 5.54. The van der Waals surface area contributed by atoms with Crippen LogP contribution in [0.2, 0.25) is 0 Å². The standard InChI is InChI=1S/C15H18N4O2.ClH/c1-9(12-7-16-8-12)15(20)18-13-5-3-4-11(6-13)14-17-10(2)21-19-14;/h3-6,9,12,16H,7-8H2,1-2H3,(H,18,20);1H. The van der Waals surface area contributed by atoms with E-state index in [0.29, 0.717) is 17.6 Å². The third-order valence-corrected chi connectivity index (χ3v) is 3.85. The van der Waals surface area contributed by atoms with Crippen LogP contribution in [-0.2, 0) is 4.79 Å². The van der Waals surface area contributed by atoms with Crippen molar-refractivity contribution in [3.05, 3.63) is 30.2 Å². The largest absolute Gasteiger partial charge is 0.339 e. The van der Waals surface area contributed by atoms with Gasteiger partial charge in [-0.3, -0.25) is 4.79 Å². The lowest BCUT2D eigenvalue weighted by Gasteiger charge is -2.31. The van der Waals surface area contributed by atoms with Crippen molar-refractivity contribution >= 4 is 24.0 Å². The van der Waals surface area contributed by atoms with Gasteiger partial charge >= 0.3 is 0 Å². The summed E-state index contributed by atoms with van der Waals surface area (Å²) in [4.78, 5) is 16.4. The van der Waals surface area contributed by atoms with Crippen LogP contribution in [0, 0.1) is 18.8 Å². The number of rotatable bonds is 4. The zero-order chi connectivity index (χ0) is 14.8. The molecule has 0 saturated carbocycles. The Balaban J connectivity index is 0.00000176. The number of benzene rings is 1. The van der Waals surface area contributed by atoms with Gasteiger partial charge < -0.3 is 15.2 Å². The molecule has 1 aromatic carbocycles. The Labute approximate surface area is 135 Å². The average molecular weight is 323 g/mol. The zero-order valence-corrected chi connectivity index (χ0v) is 13.3. The number of carbonyl (C=O) groups is 1. The van der Waals surface area contributed by atoms with Crippen LogP contribution in [0.4, 0.5) is 5.69 Å². The Morgan fingerprint density at radius 3 is 2.82 bits per heavy atom. The second-order valence-corrected chi connectivity index (χ2v) is 5.41. The summed E-state index contributed by atoms with van der Waals surface area (Å²) in [7, 11) is 0. The second kappa shape index (κ2) is 6.89. The van der Waals surface area contributed by atoms with E-state index in [0.717, 1.165) is 24.3 Å². The first-order chi connectivity index (χ1) is 10.1. The molecular weight excluding hydrogens is 304 g/mol. The first kappa shape index (κ1) is 16.5. The minimum atomic E-state index is 0. The van der Waals surface area contributed by atoms with E-state index in [1.165, 1.54) is 0 Å². The van der Waals surface area contributed by atoms with Crippen LogP contribution in [0.3, 0.4) is 0 Å². The summed E-state index contributed by atoms with van der Waals surface area (Å²) < 4.78 is 4.98. The lowest BCUT2D eigenvalue weighted by Crippen LogP contribution is -2.48. The molecule has 1 aliphatic heterocycles. The van der Waals surface area contributed by atoms with E-state index in [1.54, 1.807) is 6.92 Å². The van der Waals surface area contributed by atoms with Crippen molar-refractivity contribution in [3.63, 3.8) is 0 Å². The number of halogens is 1. The third-order valence-electron chi connectivity index (χ3n) is 3.85. The molecule has 6 nitrogen and oxygen atoms in total. The van der Waals surface area contributed by atoms with E-state index in [1.807, 2.05) is 31.2 Å². The number of nitrogens with zero attached hydrogens (tertiary/aromatic N) is 2. The molecule has 2 N–H and O–H groups in total. The number of hydrogen-bond acceptors (Lipinski definition) is 5. The second-order valence-electron chi connectivity index (χ2n) is 5.41. The van der Waals surface area contributed by atoms with Gasteiger partial charge in [0.1, 0.15) is 0 Å². The summed E-state index contributed by atoms with van der Waals surface area (Å²) in [5.41, 5.74) is 1.57. The Morgan fingerprint density at radius 1 is 1.45 bits per heavy atom. The van der Waals surface area contributed by atoms with Crippen molar-refractivity contribution in [2.75, 3.05) is 18.4 Å². The summed E-state index contributed by atoms with van der Waals surface area (Å²) in [5, 5.41) is 10.0. The predicted molar refractivity (Wildman–Crippen MR) is 85.9 cm³/mol. The van der Waals surface area contributed by atoms with Gasteiger partial charge in [-0.1, -0.05) is 24.2 Å². The van der Waals surface area contributed by atoms with Crippen LogP contribution in [0.15, 0.2) is 28.8 Å². The molecule has 1 aromatic heterocycles. The normalized spacial score (nSPS) is 15.5. The first-order valence-corrected chi connectivity index (χ1v) is 7.06. The molecule has 1 unspecified atom stereocenters. The van der Waals surface area contributed by atoms with Crippen LogP contribution in [-0.4, -0.2) is 29.1 Å². The van der Waals surface area contributed by atoms with Crippen molar-refractivity contribution in [3.8, 4) is 11.4 Å². The summed E-state index contributed by atoms with van der Waals surface area (Å²) in [6, 6.07) is 7.47. The topological polar surface area (TPSA) is 80.0 Å². The van der Waals surface area contributed by atoms with Gasteiger partial charge in [0.25, 0.3) is 0 Å². The molecule has 0 radical (unpaired) electrons. The fraction of sp³-hybridized carbons (Fsp3) is 0.400. The highest BCUT2D eigenvalue weighted by molar-refractivity contribution is 5.93. The van der Waals surface area contributed by atoms with Gasteiger partial charge in [0, 0.05) is 24.1 Å². The van der Waals surface area contributed by atoms with E-state index in [2.05, 4.69) is 20.8 Å². The van der Waals surface area contributed by atoms with E-state index < -0.39 is 0 Å². The molecule has 0 spiro atoms. The molecule has 118 valence electrons. The number of amides is 1. The molecule has 0 bridgehead atoms. The Kier molecular flexibility index (Phi) is 5.15. The lowest BCUT2D eigenvalue weighted by molar-refractivity contribution is -0.121. The van der Waals surface area contributed by atoms with Crippen LogP contribution in [0.1, 0.15) is 12.8 Å². The minimum absolute atomic E-state index is 0. The van der Waals surface area contributed by atoms with Crippen LogP contribution in [0.25, 0.3) is 11.4 Å². The summed E-state index contributed by atoms with van der Waals surface area (Å²) >= 11 is 0. The smallest absolute Gasteiger partial charge is 0.227 e. The minimum Gasteiger partial charge on any atom is -0.339 e. The summed E-state index contributed by atoms with van der Waals surface area (Å²) in [5.74, 6) is 1.52. The van der Waals surface area contributed by atoms with Gasteiger partial charge in [0.15, 0.2) is 0 Å². The quantitative estimate of drug-likeness (QED) is 0.902. The first-order valence-electron chi connectivity index (χ1n) is 7.06. The monoisotopic (exact) mass is 322 g/mol.